The first-order valence-electron chi connectivity index (χ1n) is 5.09. The Kier molecular flexibility index (Phi) is 2.10. The third-order valence-corrected chi connectivity index (χ3v) is 3.30. The fourth-order valence-corrected chi connectivity index (χ4v) is 2.53. The Bertz CT molecular complexity index is 275. The minimum absolute atomic E-state index is 0.293. The fraction of sp³-hybridized carbons (Fsp3) is 0.583. The van der Waals surface area contributed by atoms with Crippen LogP contribution >= 0.6 is 0 Å². The third kappa shape index (κ3) is 1.74. The Balaban J connectivity index is 2.16. The van der Waals surface area contributed by atoms with Crippen molar-refractivity contribution >= 4 is 5.78 Å². The molecule has 1 spiro atoms. The number of ketones is 1. The van der Waals surface area contributed by atoms with Gasteiger partial charge in [-0.3, -0.25) is 4.79 Å². The van der Waals surface area contributed by atoms with Crippen LogP contribution in [0.1, 0.15) is 38.5 Å². The Morgan fingerprint density at radius 3 is 2.77 bits per heavy atom. The fourth-order valence-electron chi connectivity index (χ4n) is 2.53. The largest absolute Gasteiger partial charge is 0.295 e. The molecule has 1 heteroatoms. The lowest BCUT2D eigenvalue weighted by Gasteiger charge is -2.37. The van der Waals surface area contributed by atoms with Crippen molar-refractivity contribution in [3.05, 3.63) is 24.3 Å². The molecule has 1 saturated carbocycles. The summed E-state index contributed by atoms with van der Waals surface area (Å²) in [5.41, 5.74) is 1.67. The number of hydrogen-bond donors (Lipinski definition) is 0. The molecule has 0 N–H and O–H groups in total. The second kappa shape index (κ2) is 3.13. The van der Waals surface area contributed by atoms with Gasteiger partial charge in [-0.25, -0.2) is 0 Å². The molecule has 1 atom stereocenters. The van der Waals surface area contributed by atoms with Crippen molar-refractivity contribution in [2.24, 2.45) is 5.41 Å². The maximum absolute atomic E-state index is 11.1. The number of rotatable bonds is 0. The SMILES string of the molecule is C=C1CCCC2(C=CC(=O)CC2)C1. The van der Waals surface area contributed by atoms with Gasteiger partial charge in [0.1, 0.15) is 0 Å². The van der Waals surface area contributed by atoms with E-state index in [1.54, 1.807) is 6.08 Å². The van der Waals surface area contributed by atoms with Crippen molar-refractivity contribution in [1.29, 1.82) is 0 Å². The molecule has 0 aromatic carbocycles. The highest BCUT2D eigenvalue weighted by atomic mass is 16.1. The summed E-state index contributed by atoms with van der Waals surface area (Å²) >= 11 is 0. The van der Waals surface area contributed by atoms with Crippen LogP contribution in [0, 0.1) is 5.41 Å². The lowest BCUT2D eigenvalue weighted by molar-refractivity contribution is -0.115. The molecule has 0 heterocycles. The van der Waals surface area contributed by atoms with E-state index in [4.69, 9.17) is 0 Å². The highest BCUT2D eigenvalue weighted by Crippen LogP contribution is 2.44. The van der Waals surface area contributed by atoms with Crippen molar-refractivity contribution in [2.45, 2.75) is 38.5 Å². The zero-order valence-corrected chi connectivity index (χ0v) is 8.01. The molecular weight excluding hydrogens is 160 g/mol. The average molecular weight is 176 g/mol. The second-order valence-corrected chi connectivity index (χ2v) is 4.44. The van der Waals surface area contributed by atoms with Crippen molar-refractivity contribution in [1.82, 2.24) is 0 Å². The van der Waals surface area contributed by atoms with E-state index in [1.165, 1.54) is 24.8 Å². The Morgan fingerprint density at radius 1 is 1.31 bits per heavy atom. The van der Waals surface area contributed by atoms with Crippen LogP contribution in [0.15, 0.2) is 24.3 Å². The Hall–Kier alpha value is -0.850. The van der Waals surface area contributed by atoms with Gasteiger partial charge in [-0.1, -0.05) is 18.2 Å². The standard InChI is InChI=1S/C12H16O/c1-10-3-2-6-12(9-10)7-4-11(13)5-8-12/h4,7H,1-3,5-6,8-9H2. The molecule has 2 aliphatic rings. The molecule has 2 aliphatic carbocycles. The summed E-state index contributed by atoms with van der Waals surface area (Å²) in [6, 6.07) is 0. The van der Waals surface area contributed by atoms with Crippen LogP contribution in [0.2, 0.25) is 0 Å². The summed E-state index contributed by atoms with van der Waals surface area (Å²) in [6.45, 7) is 4.06. The van der Waals surface area contributed by atoms with Crippen molar-refractivity contribution in [3.8, 4) is 0 Å². The van der Waals surface area contributed by atoms with Crippen molar-refractivity contribution in [3.63, 3.8) is 0 Å². The van der Waals surface area contributed by atoms with E-state index in [0.717, 1.165) is 19.3 Å². The number of carbonyl (C=O) groups is 1. The Morgan fingerprint density at radius 2 is 2.15 bits per heavy atom. The highest BCUT2D eigenvalue weighted by Gasteiger charge is 2.33. The first-order valence-corrected chi connectivity index (χ1v) is 5.09. The van der Waals surface area contributed by atoms with E-state index in [2.05, 4.69) is 12.7 Å². The molecule has 0 bridgehead atoms. The van der Waals surface area contributed by atoms with E-state index in [1.807, 2.05) is 0 Å². The summed E-state index contributed by atoms with van der Waals surface area (Å²) in [5.74, 6) is 0.293. The molecule has 0 aromatic heterocycles. The van der Waals surface area contributed by atoms with E-state index in [0.29, 0.717) is 11.2 Å². The van der Waals surface area contributed by atoms with Crippen LogP contribution in [0.25, 0.3) is 0 Å². The summed E-state index contributed by atoms with van der Waals surface area (Å²) < 4.78 is 0. The van der Waals surface area contributed by atoms with Crippen LogP contribution in [-0.2, 0) is 4.79 Å². The first-order chi connectivity index (χ1) is 6.20. The van der Waals surface area contributed by atoms with Crippen molar-refractivity contribution < 1.29 is 4.79 Å². The predicted octanol–water partition coefficient (Wildman–Crippen LogP) is 3.02. The van der Waals surface area contributed by atoms with Crippen LogP contribution in [0.3, 0.4) is 0 Å². The molecule has 0 aliphatic heterocycles. The van der Waals surface area contributed by atoms with Gasteiger partial charge < -0.3 is 0 Å². The van der Waals surface area contributed by atoms with E-state index in [-0.39, 0.29) is 0 Å². The molecule has 1 fully saturated rings. The number of allylic oxidation sites excluding steroid dienone is 3. The lowest BCUT2D eigenvalue weighted by Crippen LogP contribution is -2.26. The lowest BCUT2D eigenvalue weighted by atomic mass is 9.67. The molecule has 1 unspecified atom stereocenters. The van der Waals surface area contributed by atoms with Gasteiger partial charge in [-0.15, -0.1) is 0 Å². The average Bonchev–Trinajstić information content (AvgIpc) is 2.11. The summed E-state index contributed by atoms with van der Waals surface area (Å²) in [5, 5.41) is 0. The minimum Gasteiger partial charge on any atom is -0.295 e. The van der Waals surface area contributed by atoms with Gasteiger partial charge in [0.25, 0.3) is 0 Å². The first kappa shape index (κ1) is 8.74. The van der Waals surface area contributed by atoms with Gasteiger partial charge in [-0.05, 0) is 43.6 Å². The van der Waals surface area contributed by atoms with Gasteiger partial charge in [0.2, 0.25) is 0 Å². The summed E-state index contributed by atoms with van der Waals surface area (Å²) in [6.07, 6.45) is 10.5. The molecule has 0 radical (unpaired) electrons. The zero-order valence-electron chi connectivity index (χ0n) is 8.01. The van der Waals surface area contributed by atoms with E-state index < -0.39 is 0 Å². The molecule has 2 rings (SSSR count). The van der Waals surface area contributed by atoms with Gasteiger partial charge in [0.05, 0.1) is 0 Å². The van der Waals surface area contributed by atoms with Crippen LogP contribution in [0.5, 0.6) is 0 Å². The van der Waals surface area contributed by atoms with Crippen LogP contribution in [-0.4, -0.2) is 5.78 Å². The Labute approximate surface area is 79.5 Å². The molecular formula is C12H16O. The molecule has 0 amide bonds. The third-order valence-electron chi connectivity index (χ3n) is 3.30. The van der Waals surface area contributed by atoms with Gasteiger partial charge in [0, 0.05) is 6.42 Å². The quantitative estimate of drug-likeness (QED) is 0.518. The summed E-state index contributed by atoms with van der Waals surface area (Å²) in [7, 11) is 0. The molecule has 13 heavy (non-hydrogen) atoms. The monoisotopic (exact) mass is 176 g/mol. The topological polar surface area (TPSA) is 17.1 Å². The zero-order chi connectivity index (χ0) is 9.31. The predicted molar refractivity (Wildman–Crippen MR) is 53.4 cm³/mol. The second-order valence-electron chi connectivity index (χ2n) is 4.44. The molecule has 70 valence electrons. The van der Waals surface area contributed by atoms with Crippen LogP contribution < -0.4 is 0 Å². The van der Waals surface area contributed by atoms with Crippen LogP contribution in [0.4, 0.5) is 0 Å². The maximum atomic E-state index is 11.1. The van der Waals surface area contributed by atoms with Gasteiger partial charge in [-0.2, -0.15) is 0 Å². The highest BCUT2D eigenvalue weighted by molar-refractivity contribution is 5.90. The summed E-state index contributed by atoms with van der Waals surface area (Å²) in [4.78, 5) is 11.1. The van der Waals surface area contributed by atoms with E-state index >= 15 is 0 Å². The van der Waals surface area contributed by atoms with Crippen molar-refractivity contribution in [2.75, 3.05) is 0 Å². The molecule has 0 saturated heterocycles. The molecule has 1 nitrogen and oxygen atoms in total. The van der Waals surface area contributed by atoms with E-state index in [9.17, 15) is 4.79 Å². The van der Waals surface area contributed by atoms with Gasteiger partial charge >= 0.3 is 0 Å². The van der Waals surface area contributed by atoms with Gasteiger partial charge in [0.15, 0.2) is 5.78 Å². The number of hydrogen-bond acceptors (Lipinski definition) is 1. The smallest absolute Gasteiger partial charge is 0.155 e. The number of carbonyl (C=O) groups excluding carboxylic acids is 1. The normalized spacial score (nSPS) is 34.2. The molecule has 0 aromatic rings. The maximum Gasteiger partial charge on any atom is 0.155 e. The minimum atomic E-state index is 0.293.